The molecule has 1 saturated heterocycles. The quantitative estimate of drug-likeness (QED) is 0.862. The fraction of sp³-hybridized carbons (Fsp3) is 0.533. The first-order valence-corrected chi connectivity index (χ1v) is 7.47. The predicted octanol–water partition coefficient (Wildman–Crippen LogP) is 0.286. The number of nitriles is 1. The first kappa shape index (κ1) is 14.6. The molecule has 1 aliphatic heterocycles. The van der Waals surface area contributed by atoms with Gasteiger partial charge in [-0.1, -0.05) is 0 Å². The van der Waals surface area contributed by atoms with E-state index in [9.17, 15) is 4.79 Å². The van der Waals surface area contributed by atoms with Crippen molar-refractivity contribution >= 4 is 11.5 Å². The van der Waals surface area contributed by atoms with Crippen LogP contribution in [-0.2, 0) is 13.5 Å². The van der Waals surface area contributed by atoms with Crippen LogP contribution in [-0.4, -0.2) is 39.4 Å². The third kappa shape index (κ3) is 2.35. The number of anilines is 1. The third-order valence-corrected chi connectivity index (χ3v) is 4.20. The topological polar surface area (TPSA) is 78.4 Å². The van der Waals surface area contributed by atoms with Crippen LogP contribution >= 0.6 is 0 Å². The fourth-order valence-corrected chi connectivity index (χ4v) is 2.92. The first-order valence-electron chi connectivity index (χ1n) is 7.47. The molecule has 7 heteroatoms. The summed E-state index contributed by atoms with van der Waals surface area (Å²) in [5.74, 6) is 0.795. The van der Waals surface area contributed by atoms with E-state index in [1.807, 2.05) is 6.07 Å². The van der Waals surface area contributed by atoms with Gasteiger partial charge in [0.05, 0.1) is 18.2 Å². The highest BCUT2D eigenvalue weighted by atomic mass is 16.1. The Balaban J connectivity index is 2.18. The monoisotopic (exact) mass is 300 g/mol. The molecule has 2 aromatic heterocycles. The van der Waals surface area contributed by atoms with E-state index in [1.54, 1.807) is 22.2 Å². The van der Waals surface area contributed by atoms with Crippen LogP contribution in [0.15, 0.2) is 16.9 Å². The summed E-state index contributed by atoms with van der Waals surface area (Å²) in [6.07, 6.45) is 0.239. The molecule has 1 N–H and O–H groups in total. The maximum absolute atomic E-state index is 12.3. The van der Waals surface area contributed by atoms with Crippen LogP contribution in [0, 0.1) is 11.3 Å². The Hall–Kier alpha value is -2.33. The Bertz CT molecular complexity index is 799. The highest BCUT2D eigenvalue weighted by Crippen LogP contribution is 2.20. The summed E-state index contributed by atoms with van der Waals surface area (Å²) in [7, 11) is 1.73. The fourth-order valence-electron chi connectivity index (χ4n) is 2.92. The summed E-state index contributed by atoms with van der Waals surface area (Å²) in [6.45, 7) is 5.93. The van der Waals surface area contributed by atoms with Gasteiger partial charge in [-0.25, -0.2) is 4.52 Å². The summed E-state index contributed by atoms with van der Waals surface area (Å²) in [5.41, 5.74) is 1.33. The van der Waals surface area contributed by atoms with Gasteiger partial charge in [0.25, 0.3) is 5.56 Å². The van der Waals surface area contributed by atoms with Crippen LogP contribution in [0.2, 0.25) is 0 Å². The Morgan fingerprint density at radius 1 is 1.45 bits per heavy atom. The smallest absolute Gasteiger partial charge is 0.255 e. The third-order valence-electron chi connectivity index (χ3n) is 4.20. The van der Waals surface area contributed by atoms with E-state index >= 15 is 0 Å². The highest BCUT2D eigenvalue weighted by Gasteiger charge is 2.25. The maximum Gasteiger partial charge on any atom is 0.255 e. The van der Waals surface area contributed by atoms with Crippen molar-refractivity contribution in [2.75, 3.05) is 18.0 Å². The molecule has 0 bridgehead atoms. The molecule has 0 aliphatic carbocycles. The van der Waals surface area contributed by atoms with Crippen molar-refractivity contribution < 1.29 is 0 Å². The van der Waals surface area contributed by atoms with Crippen LogP contribution < -0.4 is 15.8 Å². The Labute approximate surface area is 128 Å². The zero-order valence-electron chi connectivity index (χ0n) is 13.1. The van der Waals surface area contributed by atoms with Gasteiger partial charge in [0.15, 0.2) is 0 Å². The molecule has 2 aromatic rings. The maximum atomic E-state index is 12.3. The van der Waals surface area contributed by atoms with Crippen molar-refractivity contribution in [1.29, 1.82) is 5.26 Å². The number of hydrogen-bond acceptors (Lipinski definition) is 5. The van der Waals surface area contributed by atoms with Gasteiger partial charge in [-0.2, -0.15) is 10.4 Å². The molecule has 0 amide bonds. The SMILES string of the molecule is C[C@@H]1CN(c2cc(=O)n(C)c3cc(CC#N)nn23)[C@@H](C)CN1. The number of hydrogen-bond donors (Lipinski definition) is 1. The lowest BCUT2D eigenvalue weighted by Crippen LogP contribution is -2.55. The molecular formula is C15H20N6O. The second-order valence-electron chi connectivity index (χ2n) is 5.95. The number of aromatic nitrogens is 3. The van der Waals surface area contributed by atoms with Crippen LogP contribution in [0.1, 0.15) is 19.5 Å². The van der Waals surface area contributed by atoms with Gasteiger partial charge in [-0.05, 0) is 13.8 Å². The van der Waals surface area contributed by atoms with E-state index in [0.29, 0.717) is 17.4 Å². The lowest BCUT2D eigenvalue weighted by Gasteiger charge is -2.39. The summed E-state index contributed by atoms with van der Waals surface area (Å²) in [6, 6.07) is 6.17. The molecule has 1 fully saturated rings. The lowest BCUT2D eigenvalue weighted by atomic mass is 10.1. The van der Waals surface area contributed by atoms with E-state index in [2.05, 4.69) is 35.2 Å². The summed E-state index contributed by atoms with van der Waals surface area (Å²) in [4.78, 5) is 14.5. The minimum absolute atomic E-state index is 0.0655. The molecule has 3 rings (SSSR count). The van der Waals surface area contributed by atoms with Gasteiger partial charge in [0, 0.05) is 44.4 Å². The Morgan fingerprint density at radius 3 is 2.95 bits per heavy atom. The number of nitrogens with one attached hydrogen (secondary N) is 1. The molecule has 0 unspecified atom stereocenters. The minimum atomic E-state index is -0.0655. The summed E-state index contributed by atoms with van der Waals surface area (Å²) in [5, 5.41) is 16.8. The second kappa shape index (κ2) is 5.46. The van der Waals surface area contributed by atoms with Gasteiger partial charge >= 0.3 is 0 Å². The number of nitrogens with zero attached hydrogens (tertiary/aromatic N) is 5. The Kier molecular flexibility index (Phi) is 3.62. The zero-order chi connectivity index (χ0) is 15.9. The molecule has 0 radical (unpaired) electrons. The van der Waals surface area contributed by atoms with Crippen LogP contribution in [0.25, 0.3) is 5.65 Å². The van der Waals surface area contributed by atoms with Crippen LogP contribution in [0.5, 0.6) is 0 Å². The number of piperazine rings is 1. The van der Waals surface area contributed by atoms with Gasteiger partial charge in [-0.3, -0.25) is 9.36 Å². The average Bonchev–Trinajstić information content (AvgIpc) is 2.90. The van der Waals surface area contributed by atoms with Gasteiger partial charge < -0.3 is 10.2 Å². The van der Waals surface area contributed by atoms with E-state index in [1.165, 1.54) is 0 Å². The molecule has 2 atom stereocenters. The van der Waals surface area contributed by atoms with Gasteiger partial charge in [0.1, 0.15) is 11.5 Å². The van der Waals surface area contributed by atoms with Crippen LogP contribution in [0.4, 0.5) is 5.82 Å². The zero-order valence-corrected chi connectivity index (χ0v) is 13.1. The highest BCUT2D eigenvalue weighted by molar-refractivity contribution is 5.52. The number of rotatable bonds is 2. The van der Waals surface area contributed by atoms with Crippen molar-refractivity contribution in [3.8, 4) is 6.07 Å². The van der Waals surface area contributed by atoms with Crippen molar-refractivity contribution in [2.24, 2.45) is 7.05 Å². The molecule has 0 spiro atoms. The number of fused-ring (bicyclic) bond motifs is 1. The molecule has 1 aliphatic rings. The van der Waals surface area contributed by atoms with E-state index in [0.717, 1.165) is 18.9 Å². The lowest BCUT2D eigenvalue weighted by molar-refractivity contribution is 0.420. The molecule has 7 nitrogen and oxygen atoms in total. The molecule has 3 heterocycles. The first-order chi connectivity index (χ1) is 10.5. The van der Waals surface area contributed by atoms with E-state index < -0.39 is 0 Å². The largest absolute Gasteiger partial charge is 0.351 e. The van der Waals surface area contributed by atoms with Gasteiger partial charge in [-0.15, -0.1) is 0 Å². The van der Waals surface area contributed by atoms with Crippen molar-refractivity contribution in [1.82, 2.24) is 19.5 Å². The van der Waals surface area contributed by atoms with E-state index in [4.69, 9.17) is 5.26 Å². The Morgan fingerprint density at radius 2 is 2.23 bits per heavy atom. The molecule has 0 aromatic carbocycles. The minimum Gasteiger partial charge on any atom is -0.351 e. The van der Waals surface area contributed by atoms with Gasteiger partial charge in [0.2, 0.25) is 0 Å². The summed E-state index contributed by atoms with van der Waals surface area (Å²) >= 11 is 0. The van der Waals surface area contributed by atoms with Crippen molar-refractivity contribution in [3.05, 3.63) is 28.2 Å². The predicted molar refractivity (Wildman–Crippen MR) is 84.0 cm³/mol. The van der Waals surface area contributed by atoms with Crippen LogP contribution in [0.3, 0.4) is 0 Å². The van der Waals surface area contributed by atoms with Crippen molar-refractivity contribution in [2.45, 2.75) is 32.4 Å². The van der Waals surface area contributed by atoms with E-state index in [-0.39, 0.29) is 18.0 Å². The standard InChI is InChI=1S/C15H20N6O/c1-10-9-20(11(2)8-17-10)14-7-15(22)19(3)13-6-12(4-5-16)18-21(13)14/h6-7,10-11,17H,4,8-9H2,1-3H3/t10-,11+/m1/s1. The number of aryl methyl sites for hydroxylation is 1. The molecule has 0 saturated carbocycles. The molecular weight excluding hydrogens is 280 g/mol. The normalized spacial score (nSPS) is 22.0. The second-order valence-corrected chi connectivity index (χ2v) is 5.95. The molecule has 22 heavy (non-hydrogen) atoms. The average molecular weight is 300 g/mol. The molecule has 116 valence electrons. The van der Waals surface area contributed by atoms with Crippen molar-refractivity contribution in [3.63, 3.8) is 0 Å². The summed E-state index contributed by atoms with van der Waals surface area (Å²) < 4.78 is 3.34.